The molecule has 0 aliphatic rings. The largest absolute Gasteiger partial charge is 0.492 e. The normalized spacial score (nSPS) is 11.5. The lowest BCUT2D eigenvalue weighted by atomic mass is 10.0. The lowest BCUT2D eigenvalue weighted by molar-refractivity contribution is -0.136. The minimum atomic E-state index is -1.32. The number of halogens is 2. The molecule has 0 fully saturated rings. The Morgan fingerprint density at radius 1 is 0.714 bits per heavy atom. The van der Waals surface area contributed by atoms with Gasteiger partial charge in [-0.15, -0.1) is 0 Å². The second-order valence-electron chi connectivity index (χ2n) is 5.63. The maximum absolute atomic E-state index is 11.6. The van der Waals surface area contributed by atoms with Crippen LogP contribution in [0.4, 0.5) is 0 Å². The molecule has 0 aromatic heterocycles. The first-order chi connectivity index (χ1) is 13.4. The number of hydrogen-bond acceptors (Lipinski definition) is 4. The smallest absolute Gasteiger partial charge is 0.332 e. The van der Waals surface area contributed by atoms with Gasteiger partial charge in [0.15, 0.2) is 0 Å². The summed E-state index contributed by atoms with van der Waals surface area (Å²) in [7, 11) is 0. The van der Waals surface area contributed by atoms with Crippen molar-refractivity contribution in [3.8, 4) is 11.5 Å². The molecule has 28 heavy (non-hydrogen) atoms. The van der Waals surface area contributed by atoms with Crippen LogP contribution in [0.15, 0.2) is 59.7 Å². The summed E-state index contributed by atoms with van der Waals surface area (Å²) in [4.78, 5) is 23.2. The summed E-state index contributed by atoms with van der Waals surface area (Å²) in [6, 6.07) is 13.5. The number of carboxylic acid groups (broad SMARTS) is 2. The Hall–Kier alpha value is -2.70. The maximum atomic E-state index is 11.6. The van der Waals surface area contributed by atoms with Crippen LogP contribution in [0.25, 0.3) is 0 Å². The van der Waals surface area contributed by atoms with Crippen LogP contribution in [0.3, 0.4) is 0 Å². The second-order valence-corrected chi connectivity index (χ2v) is 6.44. The average Bonchev–Trinajstić information content (AvgIpc) is 2.65. The molecule has 2 aromatic rings. The Morgan fingerprint density at radius 3 is 1.39 bits per heavy atom. The first-order valence-corrected chi connectivity index (χ1v) is 9.09. The molecule has 0 aliphatic heterocycles. The van der Waals surface area contributed by atoms with Crippen LogP contribution in [0.1, 0.15) is 12.8 Å². The van der Waals surface area contributed by atoms with Gasteiger partial charge in [0, 0.05) is 12.8 Å². The molecule has 0 saturated carbocycles. The fourth-order valence-electron chi connectivity index (χ4n) is 2.42. The van der Waals surface area contributed by atoms with Crippen LogP contribution >= 0.6 is 23.2 Å². The standard InChI is InChI=1S/C20H18Cl2O6/c21-15-5-1-3-7-17(15)27-11-9-13(19(23)24)14(20(25)26)10-12-28-18-8-4-2-6-16(18)22/h1-8H,9-12H2,(H,23,24)(H,25,26). The third-order valence-electron chi connectivity index (χ3n) is 3.77. The molecule has 148 valence electrons. The molecule has 0 heterocycles. The van der Waals surface area contributed by atoms with Crippen LogP contribution in [-0.2, 0) is 9.59 Å². The number of benzene rings is 2. The van der Waals surface area contributed by atoms with Crippen molar-refractivity contribution in [2.45, 2.75) is 12.8 Å². The van der Waals surface area contributed by atoms with E-state index in [4.69, 9.17) is 32.7 Å². The molecular weight excluding hydrogens is 407 g/mol. The summed E-state index contributed by atoms with van der Waals surface area (Å²) in [5.41, 5.74) is -0.496. The molecule has 0 bridgehead atoms. The molecule has 2 N–H and O–H groups in total. The molecule has 0 aliphatic carbocycles. The zero-order valence-electron chi connectivity index (χ0n) is 14.7. The fourth-order valence-corrected chi connectivity index (χ4v) is 2.80. The monoisotopic (exact) mass is 424 g/mol. The topological polar surface area (TPSA) is 93.1 Å². The van der Waals surface area contributed by atoms with Crippen molar-refractivity contribution in [2.75, 3.05) is 13.2 Å². The number of aliphatic carboxylic acids is 2. The van der Waals surface area contributed by atoms with Gasteiger partial charge in [0.1, 0.15) is 11.5 Å². The minimum Gasteiger partial charge on any atom is -0.492 e. The number of carbonyl (C=O) groups is 2. The highest BCUT2D eigenvalue weighted by molar-refractivity contribution is 6.32. The molecule has 8 heteroatoms. The molecule has 0 spiro atoms. The van der Waals surface area contributed by atoms with E-state index in [2.05, 4.69) is 0 Å². The van der Waals surface area contributed by atoms with Crippen molar-refractivity contribution in [3.63, 3.8) is 0 Å². The summed E-state index contributed by atoms with van der Waals surface area (Å²) >= 11 is 12.0. The third-order valence-corrected chi connectivity index (χ3v) is 4.40. The van der Waals surface area contributed by atoms with Gasteiger partial charge >= 0.3 is 11.9 Å². The van der Waals surface area contributed by atoms with Gasteiger partial charge in [0.05, 0.1) is 34.4 Å². The van der Waals surface area contributed by atoms with Gasteiger partial charge in [-0.2, -0.15) is 0 Å². The molecule has 2 rings (SSSR count). The van der Waals surface area contributed by atoms with Gasteiger partial charge in [-0.25, -0.2) is 9.59 Å². The molecule has 0 amide bonds. The predicted molar refractivity (Wildman–Crippen MR) is 105 cm³/mol. The Balaban J connectivity index is 2.05. The first-order valence-electron chi connectivity index (χ1n) is 8.33. The fraction of sp³-hybridized carbons (Fsp3) is 0.200. The van der Waals surface area contributed by atoms with Crippen LogP contribution in [0.2, 0.25) is 10.0 Å². The summed E-state index contributed by atoms with van der Waals surface area (Å²) in [6.45, 7) is -0.0684. The maximum Gasteiger partial charge on any atom is 0.332 e. The Morgan fingerprint density at radius 2 is 1.07 bits per heavy atom. The number of hydrogen-bond donors (Lipinski definition) is 2. The first kappa shape index (κ1) is 21.6. The third kappa shape index (κ3) is 6.18. The zero-order chi connectivity index (χ0) is 20.5. The van der Waals surface area contributed by atoms with E-state index >= 15 is 0 Å². The summed E-state index contributed by atoms with van der Waals surface area (Å²) in [5.74, 6) is -1.85. The number of carboxylic acids is 2. The molecule has 6 nitrogen and oxygen atoms in total. The van der Waals surface area contributed by atoms with Gasteiger partial charge in [-0.3, -0.25) is 0 Å². The second kappa shape index (κ2) is 10.6. The summed E-state index contributed by atoms with van der Waals surface area (Å²) in [6.07, 6.45) is -0.206. The summed E-state index contributed by atoms with van der Waals surface area (Å²) in [5, 5.41) is 19.6. The Labute approximate surface area is 171 Å². The molecule has 2 aromatic carbocycles. The van der Waals surface area contributed by atoms with Crippen LogP contribution in [0, 0.1) is 0 Å². The van der Waals surface area contributed by atoms with Crippen LogP contribution in [-0.4, -0.2) is 35.4 Å². The lowest BCUT2D eigenvalue weighted by Gasteiger charge is -2.12. The Bertz CT molecular complexity index is 807. The number of ether oxygens (including phenoxy) is 2. The van der Waals surface area contributed by atoms with Crippen LogP contribution < -0.4 is 9.47 Å². The van der Waals surface area contributed by atoms with E-state index in [1.165, 1.54) is 0 Å². The van der Waals surface area contributed by atoms with E-state index < -0.39 is 11.9 Å². The van der Waals surface area contributed by atoms with Crippen molar-refractivity contribution in [2.24, 2.45) is 0 Å². The van der Waals surface area contributed by atoms with E-state index in [1.54, 1.807) is 48.5 Å². The van der Waals surface area contributed by atoms with E-state index in [9.17, 15) is 19.8 Å². The van der Waals surface area contributed by atoms with Crippen molar-refractivity contribution in [3.05, 3.63) is 69.7 Å². The molecule has 0 atom stereocenters. The average molecular weight is 425 g/mol. The minimum absolute atomic E-state index is 0.0342. The Kier molecular flexibility index (Phi) is 8.17. The van der Waals surface area contributed by atoms with Gasteiger partial charge in [0.2, 0.25) is 0 Å². The number of para-hydroxylation sites is 2. The van der Waals surface area contributed by atoms with E-state index in [1.807, 2.05) is 0 Å². The van der Waals surface area contributed by atoms with Crippen molar-refractivity contribution in [1.29, 1.82) is 0 Å². The number of rotatable bonds is 10. The highest BCUT2D eigenvalue weighted by Gasteiger charge is 2.20. The van der Waals surface area contributed by atoms with Gasteiger partial charge in [0.25, 0.3) is 0 Å². The van der Waals surface area contributed by atoms with E-state index in [0.717, 1.165) is 0 Å². The van der Waals surface area contributed by atoms with Crippen molar-refractivity contribution >= 4 is 35.1 Å². The molecule has 0 radical (unpaired) electrons. The van der Waals surface area contributed by atoms with E-state index in [-0.39, 0.29) is 37.2 Å². The van der Waals surface area contributed by atoms with Crippen LogP contribution in [0.5, 0.6) is 11.5 Å². The molecule has 0 unspecified atom stereocenters. The SMILES string of the molecule is O=C(O)C(CCOc1ccccc1Cl)=C(CCOc1ccccc1Cl)C(=O)O. The molecular formula is C20H18Cl2O6. The van der Waals surface area contributed by atoms with E-state index in [0.29, 0.717) is 21.5 Å². The lowest BCUT2D eigenvalue weighted by Crippen LogP contribution is -2.16. The highest BCUT2D eigenvalue weighted by Crippen LogP contribution is 2.25. The quantitative estimate of drug-likeness (QED) is 0.537. The zero-order valence-corrected chi connectivity index (χ0v) is 16.2. The van der Waals surface area contributed by atoms with Gasteiger partial charge in [-0.05, 0) is 24.3 Å². The predicted octanol–water partition coefficient (Wildman–Crippen LogP) is 4.70. The van der Waals surface area contributed by atoms with Crippen molar-refractivity contribution < 1.29 is 29.3 Å². The van der Waals surface area contributed by atoms with Gasteiger partial charge in [-0.1, -0.05) is 47.5 Å². The van der Waals surface area contributed by atoms with Gasteiger partial charge < -0.3 is 19.7 Å². The summed E-state index contributed by atoms with van der Waals surface area (Å²) < 4.78 is 10.9. The highest BCUT2D eigenvalue weighted by atomic mass is 35.5. The molecule has 0 saturated heterocycles. The van der Waals surface area contributed by atoms with Crippen molar-refractivity contribution in [1.82, 2.24) is 0 Å².